The van der Waals surface area contributed by atoms with Gasteiger partial charge in [0.25, 0.3) is 0 Å². The number of hydrogen-bond donors (Lipinski definition) is 2. The van der Waals surface area contributed by atoms with Crippen LogP contribution >= 0.6 is 0 Å². The van der Waals surface area contributed by atoms with Gasteiger partial charge in [-0.3, -0.25) is 0 Å². The average Bonchev–Trinajstić information content (AvgIpc) is 2.23. The molecule has 0 aromatic rings. The van der Waals surface area contributed by atoms with Gasteiger partial charge in [-0.25, -0.2) is 4.79 Å². The Bertz CT molecular complexity index is 276. The third-order valence-electron chi connectivity index (χ3n) is 3.06. The SMILES string of the molecule is CN1CCCC(C(O)CNC(=O)OC(C)(C)C)C1. The van der Waals surface area contributed by atoms with E-state index in [2.05, 4.69) is 17.3 Å². The normalized spacial score (nSPS) is 23.5. The first-order valence-corrected chi connectivity index (χ1v) is 6.61. The summed E-state index contributed by atoms with van der Waals surface area (Å²) in [6, 6.07) is 0. The fourth-order valence-corrected chi connectivity index (χ4v) is 2.19. The largest absolute Gasteiger partial charge is 0.444 e. The van der Waals surface area contributed by atoms with Gasteiger partial charge in [0.05, 0.1) is 6.10 Å². The molecule has 0 radical (unpaired) electrons. The highest BCUT2D eigenvalue weighted by molar-refractivity contribution is 5.67. The van der Waals surface area contributed by atoms with E-state index in [-0.39, 0.29) is 12.5 Å². The average molecular weight is 258 g/mol. The van der Waals surface area contributed by atoms with E-state index in [1.54, 1.807) is 0 Å². The lowest BCUT2D eigenvalue weighted by Crippen LogP contribution is -2.44. The number of piperidine rings is 1. The van der Waals surface area contributed by atoms with Gasteiger partial charge in [0.1, 0.15) is 5.60 Å². The van der Waals surface area contributed by atoms with E-state index >= 15 is 0 Å². The van der Waals surface area contributed by atoms with Crippen LogP contribution in [0.1, 0.15) is 33.6 Å². The lowest BCUT2D eigenvalue weighted by Gasteiger charge is -2.32. The highest BCUT2D eigenvalue weighted by Crippen LogP contribution is 2.18. The minimum Gasteiger partial charge on any atom is -0.444 e. The lowest BCUT2D eigenvalue weighted by molar-refractivity contribution is 0.0372. The molecule has 1 rings (SSSR count). The molecule has 0 bridgehead atoms. The van der Waals surface area contributed by atoms with Crippen LogP contribution in [0.2, 0.25) is 0 Å². The number of alkyl carbamates (subject to hydrolysis) is 1. The Balaban J connectivity index is 2.28. The fourth-order valence-electron chi connectivity index (χ4n) is 2.19. The summed E-state index contributed by atoms with van der Waals surface area (Å²) in [6.45, 7) is 7.69. The third-order valence-corrected chi connectivity index (χ3v) is 3.06. The van der Waals surface area contributed by atoms with Crippen molar-refractivity contribution in [3.05, 3.63) is 0 Å². The molecule has 1 heterocycles. The third kappa shape index (κ3) is 5.69. The molecule has 5 heteroatoms. The molecule has 2 atom stereocenters. The van der Waals surface area contributed by atoms with Gasteiger partial charge in [-0.05, 0) is 53.1 Å². The number of hydrogen-bond acceptors (Lipinski definition) is 4. The minimum atomic E-state index is -0.500. The van der Waals surface area contributed by atoms with Gasteiger partial charge in [-0.2, -0.15) is 0 Å². The summed E-state index contributed by atoms with van der Waals surface area (Å²) in [5.74, 6) is 0.235. The van der Waals surface area contributed by atoms with Crippen LogP contribution in [0.5, 0.6) is 0 Å². The Morgan fingerprint density at radius 3 is 2.78 bits per heavy atom. The van der Waals surface area contributed by atoms with Crippen LogP contribution < -0.4 is 5.32 Å². The molecular formula is C13H26N2O3. The van der Waals surface area contributed by atoms with Crippen molar-refractivity contribution in [3.63, 3.8) is 0 Å². The zero-order valence-electron chi connectivity index (χ0n) is 11.9. The van der Waals surface area contributed by atoms with Crippen molar-refractivity contribution in [3.8, 4) is 0 Å². The topological polar surface area (TPSA) is 61.8 Å². The van der Waals surface area contributed by atoms with E-state index in [1.165, 1.54) is 0 Å². The summed E-state index contributed by atoms with van der Waals surface area (Å²) in [5, 5.41) is 12.7. The van der Waals surface area contributed by atoms with E-state index in [0.717, 1.165) is 25.9 Å². The second kappa shape index (κ2) is 6.38. The monoisotopic (exact) mass is 258 g/mol. The van der Waals surface area contributed by atoms with Crippen molar-refractivity contribution < 1.29 is 14.6 Å². The zero-order valence-corrected chi connectivity index (χ0v) is 11.9. The first-order valence-electron chi connectivity index (χ1n) is 6.61. The van der Waals surface area contributed by atoms with Crippen molar-refractivity contribution in [2.24, 2.45) is 5.92 Å². The fraction of sp³-hybridized carbons (Fsp3) is 0.923. The number of rotatable bonds is 3. The standard InChI is InChI=1S/C13H26N2O3/c1-13(2,3)18-12(17)14-8-11(16)10-6-5-7-15(4)9-10/h10-11,16H,5-9H2,1-4H3,(H,14,17). The zero-order chi connectivity index (χ0) is 13.8. The predicted octanol–water partition coefficient (Wildman–Crippen LogP) is 1.21. The molecule has 18 heavy (non-hydrogen) atoms. The van der Waals surface area contributed by atoms with Crippen LogP contribution in [0, 0.1) is 5.92 Å². The molecule has 0 aromatic carbocycles. The second-order valence-corrected chi connectivity index (χ2v) is 6.11. The van der Waals surface area contributed by atoms with Crippen LogP contribution in [-0.2, 0) is 4.74 Å². The van der Waals surface area contributed by atoms with Crippen LogP contribution in [0.25, 0.3) is 0 Å². The van der Waals surface area contributed by atoms with E-state index < -0.39 is 17.8 Å². The Morgan fingerprint density at radius 1 is 1.56 bits per heavy atom. The number of carbonyl (C=O) groups excluding carboxylic acids is 1. The van der Waals surface area contributed by atoms with Gasteiger partial charge in [0, 0.05) is 13.1 Å². The van der Waals surface area contributed by atoms with E-state index in [4.69, 9.17) is 4.74 Å². The Morgan fingerprint density at radius 2 is 2.22 bits per heavy atom. The molecule has 1 aliphatic rings. The molecular weight excluding hydrogens is 232 g/mol. The summed E-state index contributed by atoms with van der Waals surface area (Å²) in [5.41, 5.74) is -0.500. The molecule has 1 aliphatic heterocycles. The van der Waals surface area contributed by atoms with Gasteiger partial charge in [-0.1, -0.05) is 0 Å². The molecule has 1 saturated heterocycles. The lowest BCUT2D eigenvalue weighted by atomic mass is 9.93. The summed E-state index contributed by atoms with van der Waals surface area (Å²) < 4.78 is 5.12. The Kier molecular flexibility index (Phi) is 5.41. The maximum atomic E-state index is 11.5. The van der Waals surface area contributed by atoms with Crippen molar-refractivity contribution >= 4 is 6.09 Å². The van der Waals surface area contributed by atoms with Crippen molar-refractivity contribution in [1.82, 2.24) is 10.2 Å². The van der Waals surface area contributed by atoms with Gasteiger partial charge in [0.15, 0.2) is 0 Å². The second-order valence-electron chi connectivity index (χ2n) is 6.11. The number of aliphatic hydroxyl groups is 1. The van der Waals surface area contributed by atoms with E-state index in [0.29, 0.717) is 0 Å². The van der Waals surface area contributed by atoms with Gasteiger partial charge in [-0.15, -0.1) is 0 Å². The molecule has 1 amide bonds. The molecule has 2 unspecified atom stereocenters. The molecule has 5 nitrogen and oxygen atoms in total. The van der Waals surface area contributed by atoms with Crippen LogP contribution in [0.4, 0.5) is 4.79 Å². The van der Waals surface area contributed by atoms with Gasteiger partial charge in [0.2, 0.25) is 0 Å². The maximum absolute atomic E-state index is 11.5. The number of carbonyl (C=O) groups is 1. The molecule has 0 spiro atoms. The number of aliphatic hydroxyl groups excluding tert-OH is 1. The molecule has 106 valence electrons. The molecule has 0 saturated carbocycles. The van der Waals surface area contributed by atoms with E-state index in [1.807, 2.05) is 20.8 Å². The molecule has 1 fully saturated rings. The van der Waals surface area contributed by atoms with Crippen LogP contribution in [0.3, 0.4) is 0 Å². The Hall–Kier alpha value is -0.810. The van der Waals surface area contributed by atoms with Crippen molar-refractivity contribution in [1.29, 1.82) is 0 Å². The summed E-state index contributed by atoms with van der Waals surface area (Å²) in [6.07, 6.45) is 1.15. The predicted molar refractivity (Wildman–Crippen MR) is 70.5 cm³/mol. The molecule has 0 aromatic heterocycles. The van der Waals surface area contributed by atoms with Gasteiger partial charge < -0.3 is 20.1 Å². The summed E-state index contributed by atoms with van der Waals surface area (Å²) in [4.78, 5) is 13.7. The molecule has 0 aliphatic carbocycles. The smallest absolute Gasteiger partial charge is 0.407 e. The first-order chi connectivity index (χ1) is 8.28. The Labute approximate surface area is 109 Å². The number of amides is 1. The highest BCUT2D eigenvalue weighted by Gasteiger charge is 2.25. The number of likely N-dealkylation sites (tertiary alicyclic amines) is 1. The number of nitrogens with one attached hydrogen (secondary N) is 1. The van der Waals surface area contributed by atoms with Gasteiger partial charge >= 0.3 is 6.09 Å². The molecule has 2 N–H and O–H groups in total. The van der Waals surface area contributed by atoms with Crippen LogP contribution in [-0.4, -0.2) is 54.5 Å². The highest BCUT2D eigenvalue weighted by atomic mass is 16.6. The van der Waals surface area contributed by atoms with Crippen molar-refractivity contribution in [2.45, 2.75) is 45.3 Å². The number of nitrogens with zero attached hydrogens (tertiary/aromatic N) is 1. The van der Waals surface area contributed by atoms with Crippen LogP contribution in [0.15, 0.2) is 0 Å². The van der Waals surface area contributed by atoms with E-state index in [9.17, 15) is 9.90 Å². The first kappa shape index (κ1) is 15.2. The summed E-state index contributed by atoms with van der Waals surface area (Å²) >= 11 is 0. The number of ether oxygens (including phenoxy) is 1. The van der Waals surface area contributed by atoms with Crippen molar-refractivity contribution in [2.75, 3.05) is 26.7 Å². The maximum Gasteiger partial charge on any atom is 0.407 e. The quantitative estimate of drug-likeness (QED) is 0.799. The summed E-state index contributed by atoms with van der Waals surface area (Å²) in [7, 11) is 2.06. The minimum absolute atomic E-state index is 0.235.